The molecule has 2 heteroatoms. The van der Waals surface area contributed by atoms with Crippen LogP contribution in [0, 0.1) is 0 Å². The molecule has 0 radical (unpaired) electrons. The molecule has 13 aromatic rings. The summed E-state index contributed by atoms with van der Waals surface area (Å²) in [6.45, 7) is 0. The third-order valence-electron chi connectivity index (χ3n) is 13.6. The number of benzene rings is 12. The van der Waals surface area contributed by atoms with Gasteiger partial charge in [-0.15, -0.1) is 0 Å². The molecule has 13 rings (SSSR count). The maximum absolute atomic E-state index is 6.54. The fraction of sp³-hybridized carbons (Fsp3) is 0. The minimum atomic E-state index is 0.895. The maximum Gasteiger partial charge on any atom is 0.143 e. The molecule has 0 amide bonds. The first-order chi connectivity index (χ1) is 33.7. The van der Waals surface area contributed by atoms with E-state index in [4.69, 9.17) is 4.42 Å². The molecule has 0 atom stereocenters. The van der Waals surface area contributed by atoms with Gasteiger partial charge in [-0.1, -0.05) is 206 Å². The van der Waals surface area contributed by atoms with Crippen LogP contribution in [-0.4, -0.2) is 0 Å². The lowest BCUT2D eigenvalue weighted by atomic mass is 9.84. The molecule has 0 N–H and O–H groups in total. The molecular formula is C66H43NO. The molecule has 0 spiro atoms. The van der Waals surface area contributed by atoms with Gasteiger partial charge in [-0.25, -0.2) is 0 Å². The van der Waals surface area contributed by atoms with E-state index in [2.05, 4.69) is 254 Å². The third-order valence-corrected chi connectivity index (χ3v) is 13.6. The Morgan fingerprint density at radius 3 is 1.49 bits per heavy atom. The fourth-order valence-corrected chi connectivity index (χ4v) is 10.4. The van der Waals surface area contributed by atoms with Crippen molar-refractivity contribution in [2.75, 3.05) is 4.90 Å². The van der Waals surface area contributed by atoms with Crippen molar-refractivity contribution in [3.63, 3.8) is 0 Å². The van der Waals surface area contributed by atoms with E-state index >= 15 is 0 Å². The predicted octanol–water partition coefficient (Wildman–Crippen LogP) is 18.9. The van der Waals surface area contributed by atoms with Gasteiger partial charge in [0.25, 0.3) is 0 Å². The summed E-state index contributed by atoms with van der Waals surface area (Å²) in [6.07, 6.45) is 0. The molecule has 68 heavy (non-hydrogen) atoms. The van der Waals surface area contributed by atoms with Crippen molar-refractivity contribution < 1.29 is 4.42 Å². The molecule has 2 nitrogen and oxygen atoms in total. The SMILES string of the molecule is c1ccc(-c2c(-c3ccccc3)c3cc(-c4ccc(N(c5ccc(-c6ccc7ccccc7c6)cc5)c5cccc(-c6cccc7c6oc6ccccc67)c5)cc4)ccc3c3ccccc23)cc1. The van der Waals surface area contributed by atoms with Crippen molar-refractivity contribution in [1.82, 2.24) is 0 Å². The summed E-state index contributed by atoms with van der Waals surface area (Å²) >= 11 is 0. The van der Waals surface area contributed by atoms with Crippen molar-refractivity contribution in [3.8, 4) is 55.6 Å². The van der Waals surface area contributed by atoms with Gasteiger partial charge in [0.15, 0.2) is 0 Å². The Morgan fingerprint density at radius 1 is 0.250 bits per heavy atom. The number of hydrogen-bond acceptors (Lipinski definition) is 2. The van der Waals surface area contributed by atoms with E-state index in [0.717, 1.165) is 55.7 Å². The van der Waals surface area contributed by atoms with E-state index < -0.39 is 0 Å². The van der Waals surface area contributed by atoms with Crippen LogP contribution in [0.25, 0.3) is 110 Å². The Hall–Kier alpha value is -8.98. The average molecular weight is 866 g/mol. The summed E-state index contributed by atoms with van der Waals surface area (Å²) in [7, 11) is 0. The van der Waals surface area contributed by atoms with Crippen LogP contribution in [0.15, 0.2) is 265 Å². The van der Waals surface area contributed by atoms with Gasteiger partial charge in [-0.05, 0) is 137 Å². The van der Waals surface area contributed by atoms with Crippen molar-refractivity contribution in [1.29, 1.82) is 0 Å². The molecule has 12 aromatic carbocycles. The van der Waals surface area contributed by atoms with Gasteiger partial charge in [0, 0.05) is 33.4 Å². The minimum Gasteiger partial charge on any atom is -0.455 e. The van der Waals surface area contributed by atoms with E-state index in [0.29, 0.717) is 0 Å². The van der Waals surface area contributed by atoms with Gasteiger partial charge in [0.2, 0.25) is 0 Å². The summed E-state index contributed by atoms with van der Waals surface area (Å²) < 4.78 is 6.54. The number of fused-ring (bicyclic) bond motifs is 7. The molecule has 318 valence electrons. The predicted molar refractivity (Wildman–Crippen MR) is 288 cm³/mol. The molecule has 0 fully saturated rings. The summed E-state index contributed by atoms with van der Waals surface area (Å²) in [5.74, 6) is 0. The van der Waals surface area contributed by atoms with Crippen LogP contribution in [-0.2, 0) is 0 Å². The van der Waals surface area contributed by atoms with Crippen molar-refractivity contribution in [3.05, 3.63) is 261 Å². The molecule has 0 aliphatic carbocycles. The first-order valence-electron chi connectivity index (χ1n) is 23.3. The zero-order valence-electron chi connectivity index (χ0n) is 37.2. The topological polar surface area (TPSA) is 16.4 Å². The minimum absolute atomic E-state index is 0.895. The zero-order chi connectivity index (χ0) is 45.0. The summed E-state index contributed by atoms with van der Waals surface area (Å²) in [5.41, 5.74) is 16.8. The Bertz CT molecular complexity index is 4000. The van der Waals surface area contributed by atoms with E-state index in [9.17, 15) is 0 Å². The standard InChI is InChI=1S/C66H43NO/c1-3-16-47(17-4-1)64-60-25-10-9-23-57(60)58-40-35-51(43-62(58)65(64)48-18-5-2-6-19-48)46-33-38-54(39-34-46)67(53-36-31-45(32-37-53)50-30-29-44-15-7-8-20-49(44)41-50)55-22-13-21-52(42-55)56-26-14-27-61-59-24-11-12-28-63(59)68-66(56)61/h1-43H. The highest BCUT2D eigenvalue weighted by Gasteiger charge is 2.20. The van der Waals surface area contributed by atoms with Crippen molar-refractivity contribution in [2.45, 2.75) is 0 Å². The van der Waals surface area contributed by atoms with Crippen LogP contribution in [0.1, 0.15) is 0 Å². The molecule has 0 saturated heterocycles. The van der Waals surface area contributed by atoms with E-state index in [-0.39, 0.29) is 0 Å². The highest BCUT2D eigenvalue weighted by Crippen LogP contribution is 2.46. The average Bonchev–Trinajstić information content (AvgIpc) is 3.80. The summed E-state index contributed by atoms with van der Waals surface area (Å²) in [4.78, 5) is 2.36. The van der Waals surface area contributed by atoms with Gasteiger partial charge in [-0.3, -0.25) is 0 Å². The monoisotopic (exact) mass is 865 g/mol. The smallest absolute Gasteiger partial charge is 0.143 e. The highest BCUT2D eigenvalue weighted by atomic mass is 16.3. The largest absolute Gasteiger partial charge is 0.455 e. The number of hydrogen-bond donors (Lipinski definition) is 0. The number of rotatable bonds is 8. The first kappa shape index (κ1) is 39.4. The maximum atomic E-state index is 6.54. The van der Waals surface area contributed by atoms with Gasteiger partial charge < -0.3 is 9.32 Å². The Morgan fingerprint density at radius 2 is 0.765 bits per heavy atom. The second kappa shape index (κ2) is 16.5. The van der Waals surface area contributed by atoms with E-state index in [1.165, 1.54) is 71.3 Å². The van der Waals surface area contributed by atoms with E-state index in [1.807, 2.05) is 12.1 Å². The van der Waals surface area contributed by atoms with Crippen molar-refractivity contribution in [2.24, 2.45) is 0 Å². The van der Waals surface area contributed by atoms with Crippen LogP contribution >= 0.6 is 0 Å². The molecule has 0 aliphatic rings. The lowest BCUT2D eigenvalue weighted by Gasteiger charge is -2.26. The number of furan rings is 1. The zero-order valence-corrected chi connectivity index (χ0v) is 37.2. The lowest BCUT2D eigenvalue weighted by Crippen LogP contribution is -2.10. The lowest BCUT2D eigenvalue weighted by molar-refractivity contribution is 0.670. The molecule has 0 aliphatic heterocycles. The number of nitrogens with zero attached hydrogens (tertiary/aromatic N) is 1. The molecule has 1 heterocycles. The van der Waals surface area contributed by atoms with Gasteiger partial charge in [0.1, 0.15) is 11.2 Å². The Labute approximate surface area is 395 Å². The summed E-state index contributed by atoms with van der Waals surface area (Å²) in [5, 5.41) is 9.72. The second-order valence-electron chi connectivity index (χ2n) is 17.6. The third kappa shape index (κ3) is 6.82. The number of para-hydroxylation sites is 2. The molecule has 0 unspecified atom stereocenters. The highest BCUT2D eigenvalue weighted by molar-refractivity contribution is 6.22. The van der Waals surface area contributed by atoms with Crippen LogP contribution in [0.4, 0.5) is 17.1 Å². The quantitative estimate of drug-likeness (QED) is 0.142. The Balaban J connectivity index is 0.942. The first-order valence-corrected chi connectivity index (χ1v) is 23.3. The van der Waals surface area contributed by atoms with Gasteiger partial charge in [-0.2, -0.15) is 0 Å². The fourth-order valence-electron chi connectivity index (χ4n) is 10.4. The van der Waals surface area contributed by atoms with Crippen LogP contribution < -0.4 is 4.90 Å². The number of anilines is 3. The van der Waals surface area contributed by atoms with Gasteiger partial charge >= 0.3 is 0 Å². The normalized spacial score (nSPS) is 11.5. The second-order valence-corrected chi connectivity index (χ2v) is 17.6. The van der Waals surface area contributed by atoms with E-state index in [1.54, 1.807) is 0 Å². The molecule has 0 bridgehead atoms. The summed E-state index contributed by atoms with van der Waals surface area (Å²) in [6, 6.07) is 94.5. The van der Waals surface area contributed by atoms with Crippen LogP contribution in [0.5, 0.6) is 0 Å². The molecule has 1 aromatic heterocycles. The van der Waals surface area contributed by atoms with Crippen LogP contribution in [0.2, 0.25) is 0 Å². The molecular weight excluding hydrogens is 823 g/mol. The molecule has 0 saturated carbocycles. The van der Waals surface area contributed by atoms with Crippen molar-refractivity contribution >= 4 is 71.3 Å². The van der Waals surface area contributed by atoms with Crippen LogP contribution in [0.3, 0.4) is 0 Å². The van der Waals surface area contributed by atoms with Gasteiger partial charge in [0.05, 0.1) is 0 Å². The Kier molecular flexibility index (Phi) is 9.54.